The van der Waals surface area contributed by atoms with Crippen LogP contribution < -0.4 is 9.80 Å². The van der Waals surface area contributed by atoms with Gasteiger partial charge >= 0.3 is 0 Å². The van der Waals surface area contributed by atoms with Gasteiger partial charge in [0.1, 0.15) is 28.9 Å². The number of nitrogens with zero attached hydrogens (tertiary/aromatic N) is 8. The van der Waals surface area contributed by atoms with Gasteiger partial charge in [-0.1, -0.05) is 29.3 Å². The highest BCUT2D eigenvalue weighted by molar-refractivity contribution is 6.30. The smallest absolute Gasteiger partial charge is 0.168 e. The summed E-state index contributed by atoms with van der Waals surface area (Å²) < 4.78 is 1.79. The molecule has 1 aliphatic rings. The van der Waals surface area contributed by atoms with Crippen LogP contribution in [0.1, 0.15) is 5.82 Å². The van der Waals surface area contributed by atoms with Crippen LogP contribution in [0.3, 0.4) is 0 Å². The SMILES string of the molecule is Cc1nc(Cl)cc(N2CCN(c3ncnc4c3cnn4-c3cccc(Cl)c3)CC2)n1. The summed E-state index contributed by atoms with van der Waals surface area (Å²) in [5.41, 5.74) is 1.62. The standard InChI is InChI=1S/C20H18Cl2N8/c1-13-26-17(22)10-18(27-13)28-5-7-29(8-6-28)19-16-11-25-30(20(16)24-12-23-19)15-4-2-3-14(21)9-15/h2-4,9-12H,5-8H2,1H3. The van der Waals surface area contributed by atoms with Crippen molar-refractivity contribution in [2.24, 2.45) is 0 Å². The molecule has 0 unspecified atom stereocenters. The molecule has 1 fully saturated rings. The Morgan fingerprint density at radius 1 is 0.933 bits per heavy atom. The van der Waals surface area contributed by atoms with E-state index in [1.807, 2.05) is 43.5 Å². The summed E-state index contributed by atoms with van der Waals surface area (Å²) >= 11 is 12.2. The fourth-order valence-electron chi connectivity index (χ4n) is 3.71. The first-order chi connectivity index (χ1) is 14.6. The summed E-state index contributed by atoms with van der Waals surface area (Å²) in [5.74, 6) is 2.41. The summed E-state index contributed by atoms with van der Waals surface area (Å²) in [6.07, 6.45) is 3.39. The zero-order chi connectivity index (χ0) is 20.7. The monoisotopic (exact) mass is 440 g/mol. The Kier molecular flexibility index (Phi) is 4.88. The van der Waals surface area contributed by atoms with Gasteiger partial charge in [0.05, 0.1) is 17.3 Å². The molecule has 10 heteroatoms. The van der Waals surface area contributed by atoms with Gasteiger partial charge in [-0.3, -0.25) is 0 Å². The lowest BCUT2D eigenvalue weighted by Gasteiger charge is -2.36. The molecule has 0 saturated carbocycles. The van der Waals surface area contributed by atoms with Crippen molar-refractivity contribution >= 4 is 45.9 Å². The van der Waals surface area contributed by atoms with Gasteiger partial charge in [-0.15, -0.1) is 0 Å². The Bertz CT molecular complexity index is 1200. The molecule has 0 N–H and O–H groups in total. The number of anilines is 2. The maximum atomic E-state index is 6.15. The zero-order valence-electron chi connectivity index (χ0n) is 16.2. The third-order valence-electron chi connectivity index (χ3n) is 5.09. The van der Waals surface area contributed by atoms with Crippen molar-refractivity contribution in [3.05, 3.63) is 58.9 Å². The third kappa shape index (κ3) is 3.53. The van der Waals surface area contributed by atoms with Crippen molar-refractivity contribution in [3.63, 3.8) is 0 Å². The van der Waals surface area contributed by atoms with E-state index in [2.05, 4.69) is 34.8 Å². The summed E-state index contributed by atoms with van der Waals surface area (Å²) in [6.45, 7) is 5.06. The lowest BCUT2D eigenvalue weighted by molar-refractivity contribution is 0.641. The first-order valence-corrected chi connectivity index (χ1v) is 10.3. The average molecular weight is 441 g/mol. The molecule has 3 aromatic heterocycles. The van der Waals surface area contributed by atoms with Crippen molar-refractivity contribution < 1.29 is 0 Å². The maximum Gasteiger partial charge on any atom is 0.168 e. The summed E-state index contributed by atoms with van der Waals surface area (Å²) in [6, 6.07) is 9.36. The number of hydrogen-bond donors (Lipinski definition) is 0. The van der Waals surface area contributed by atoms with Gasteiger partial charge in [-0.25, -0.2) is 24.6 Å². The summed E-state index contributed by atoms with van der Waals surface area (Å²) in [4.78, 5) is 22.1. The Labute approximate surface area is 183 Å². The molecule has 0 spiro atoms. The number of fused-ring (bicyclic) bond motifs is 1. The van der Waals surface area contributed by atoms with E-state index in [0.717, 1.165) is 54.5 Å². The van der Waals surface area contributed by atoms with E-state index in [1.165, 1.54) is 0 Å². The van der Waals surface area contributed by atoms with Gasteiger partial charge in [0.25, 0.3) is 0 Å². The van der Waals surface area contributed by atoms with Crippen LogP contribution in [0.2, 0.25) is 10.2 Å². The number of aryl methyl sites for hydroxylation is 1. The van der Waals surface area contributed by atoms with Gasteiger partial charge in [0.2, 0.25) is 0 Å². The number of halogens is 2. The van der Waals surface area contributed by atoms with E-state index >= 15 is 0 Å². The van der Waals surface area contributed by atoms with Crippen LogP contribution in [-0.2, 0) is 0 Å². The first kappa shape index (κ1) is 19.0. The molecule has 1 saturated heterocycles. The van der Waals surface area contributed by atoms with Crippen LogP contribution in [-0.4, -0.2) is 55.9 Å². The zero-order valence-corrected chi connectivity index (χ0v) is 17.7. The minimum absolute atomic E-state index is 0.464. The second kappa shape index (κ2) is 7.70. The van der Waals surface area contributed by atoms with Crippen molar-refractivity contribution in [3.8, 4) is 5.69 Å². The number of benzene rings is 1. The highest BCUT2D eigenvalue weighted by Crippen LogP contribution is 2.27. The largest absolute Gasteiger partial charge is 0.353 e. The maximum absolute atomic E-state index is 6.15. The minimum Gasteiger partial charge on any atom is -0.353 e. The number of rotatable bonds is 3. The summed E-state index contributed by atoms with van der Waals surface area (Å²) in [7, 11) is 0. The second-order valence-corrected chi connectivity index (χ2v) is 7.86. The molecule has 0 radical (unpaired) electrons. The highest BCUT2D eigenvalue weighted by Gasteiger charge is 2.22. The lowest BCUT2D eigenvalue weighted by atomic mass is 10.2. The van der Waals surface area contributed by atoms with E-state index in [0.29, 0.717) is 16.0 Å². The van der Waals surface area contributed by atoms with Crippen LogP contribution in [0.15, 0.2) is 42.9 Å². The molecule has 30 heavy (non-hydrogen) atoms. The topological polar surface area (TPSA) is 75.9 Å². The quantitative estimate of drug-likeness (QED) is 0.450. The number of hydrogen-bond acceptors (Lipinski definition) is 7. The fourth-order valence-corrected chi connectivity index (χ4v) is 4.11. The fraction of sp³-hybridized carbons (Fsp3) is 0.250. The Hall–Kier alpha value is -2.97. The molecule has 1 aliphatic heterocycles. The van der Waals surface area contributed by atoms with Crippen molar-refractivity contribution in [1.82, 2.24) is 29.7 Å². The molecular formula is C20H18Cl2N8. The minimum atomic E-state index is 0.464. The van der Waals surface area contributed by atoms with E-state index in [-0.39, 0.29) is 0 Å². The average Bonchev–Trinajstić information content (AvgIpc) is 3.17. The van der Waals surface area contributed by atoms with E-state index in [4.69, 9.17) is 23.2 Å². The van der Waals surface area contributed by atoms with Crippen LogP contribution in [0.5, 0.6) is 0 Å². The molecule has 4 heterocycles. The van der Waals surface area contributed by atoms with Gasteiger partial charge in [0, 0.05) is 37.3 Å². The molecular weight excluding hydrogens is 423 g/mol. The van der Waals surface area contributed by atoms with Crippen molar-refractivity contribution in [2.45, 2.75) is 6.92 Å². The van der Waals surface area contributed by atoms with Gasteiger partial charge < -0.3 is 9.80 Å². The molecule has 0 bridgehead atoms. The molecule has 8 nitrogen and oxygen atoms in total. The van der Waals surface area contributed by atoms with Crippen LogP contribution in [0.4, 0.5) is 11.6 Å². The Morgan fingerprint density at radius 3 is 2.50 bits per heavy atom. The van der Waals surface area contributed by atoms with Crippen LogP contribution >= 0.6 is 23.2 Å². The number of aromatic nitrogens is 6. The Morgan fingerprint density at radius 2 is 1.73 bits per heavy atom. The predicted molar refractivity (Wildman–Crippen MR) is 118 cm³/mol. The van der Waals surface area contributed by atoms with E-state index < -0.39 is 0 Å². The highest BCUT2D eigenvalue weighted by atomic mass is 35.5. The van der Waals surface area contributed by atoms with Crippen LogP contribution in [0.25, 0.3) is 16.7 Å². The third-order valence-corrected chi connectivity index (χ3v) is 5.52. The first-order valence-electron chi connectivity index (χ1n) is 9.54. The van der Waals surface area contributed by atoms with Gasteiger partial charge in [0.15, 0.2) is 5.65 Å². The van der Waals surface area contributed by atoms with E-state index in [1.54, 1.807) is 11.0 Å². The second-order valence-electron chi connectivity index (χ2n) is 7.04. The molecule has 1 aromatic carbocycles. The molecule has 5 rings (SSSR count). The van der Waals surface area contributed by atoms with Gasteiger partial charge in [-0.05, 0) is 25.1 Å². The summed E-state index contributed by atoms with van der Waals surface area (Å²) in [5, 5.41) is 6.56. The van der Waals surface area contributed by atoms with Crippen LogP contribution in [0, 0.1) is 6.92 Å². The number of piperazine rings is 1. The molecule has 4 aromatic rings. The normalized spacial score (nSPS) is 14.5. The molecule has 0 atom stereocenters. The molecule has 152 valence electrons. The predicted octanol–water partition coefficient (Wildman–Crippen LogP) is 3.55. The van der Waals surface area contributed by atoms with Crippen molar-refractivity contribution in [2.75, 3.05) is 36.0 Å². The lowest BCUT2D eigenvalue weighted by Crippen LogP contribution is -2.47. The van der Waals surface area contributed by atoms with Gasteiger partial charge in [-0.2, -0.15) is 5.10 Å². The van der Waals surface area contributed by atoms with Crippen molar-refractivity contribution in [1.29, 1.82) is 0 Å². The van der Waals surface area contributed by atoms with E-state index in [9.17, 15) is 0 Å². The molecule has 0 aliphatic carbocycles. The molecule has 0 amide bonds. The Balaban J connectivity index is 1.41.